The van der Waals surface area contributed by atoms with E-state index >= 15 is 0 Å². The summed E-state index contributed by atoms with van der Waals surface area (Å²) in [5.74, 6) is 1.62. The number of benzene rings is 1. The van der Waals surface area contributed by atoms with Gasteiger partial charge in [-0.3, -0.25) is 4.79 Å². The van der Waals surface area contributed by atoms with Gasteiger partial charge < -0.3 is 15.0 Å². The zero-order valence-electron chi connectivity index (χ0n) is 16.8. The highest BCUT2D eigenvalue weighted by atomic mass is 35.5. The molecule has 3 fully saturated rings. The molecule has 1 N–H and O–H groups in total. The molecule has 0 heterocycles. The molecule has 5 aliphatic rings. The Morgan fingerprint density at radius 1 is 1.30 bits per heavy atom. The predicted octanol–water partition coefficient (Wildman–Crippen LogP) is 3.96. The minimum atomic E-state index is -0.935. The van der Waals surface area contributed by atoms with Crippen LogP contribution in [-0.4, -0.2) is 42.1 Å². The molecule has 5 heteroatoms. The van der Waals surface area contributed by atoms with E-state index in [1.807, 2.05) is 32.9 Å². The summed E-state index contributed by atoms with van der Waals surface area (Å²) in [4.78, 5) is 15.4. The number of aryl methyl sites for hydroxylation is 1. The van der Waals surface area contributed by atoms with Gasteiger partial charge in [0.25, 0.3) is 5.91 Å². The largest absolute Gasteiger partial charge is 0.478 e. The number of nitrogens with zero attached hydrogens (tertiary/aromatic N) is 1. The normalized spacial score (nSPS) is 31.4. The lowest BCUT2D eigenvalue weighted by molar-refractivity contribution is -0.138. The molecule has 2 unspecified atom stereocenters. The standard InChI is InChI=1S/C22H29ClN2O2/c1-13-10-14(23)6-7-18(13)27-21(2,3)20(26)24-19-16-11-22(25(4)5)9-8-15(16)17(19)12-22/h6-8,10,16-17,19H,9,11-12H2,1-5H3,(H,24,26)/t16-,17+,19?,22?. The van der Waals surface area contributed by atoms with Crippen molar-refractivity contribution >= 4 is 17.5 Å². The van der Waals surface area contributed by atoms with Gasteiger partial charge >= 0.3 is 0 Å². The third kappa shape index (κ3) is 2.98. The van der Waals surface area contributed by atoms with Crippen molar-refractivity contribution < 1.29 is 9.53 Å². The van der Waals surface area contributed by atoms with Crippen LogP contribution in [0.5, 0.6) is 5.75 Å². The zero-order chi connectivity index (χ0) is 19.6. The smallest absolute Gasteiger partial charge is 0.263 e. The van der Waals surface area contributed by atoms with Crippen molar-refractivity contribution in [2.45, 2.75) is 57.2 Å². The van der Waals surface area contributed by atoms with Gasteiger partial charge in [-0.25, -0.2) is 0 Å². The lowest BCUT2D eigenvalue weighted by Gasteiger charge is -2.64. The highest BCUT2D eigenvalue weighted by Crippen LogP contribution is 2.60. The number of nitrogens with one attached hydrogen (secondary N) is 1. The Morgan fingerprint density at radius 2 is 1.96 bits per heavy atom. The minimum absolute atomic E-state index is 0.0474. The molecule has 4 nitrogen and oxygen atoms in total. The van der Waals surface area contributed by atoms with Crippen molar-refractivity contribution in [1.29, 1.82) is 0 Å². The van der Waals surface area contributed by atoms with Crippen LogP contribution in [0.3, 0.4) is 0 Å². The van der Waals surface area contributed by atoms with E-state index in [1.165, 1.54) is 0 Å². The van der Waals surface area contributed by atoms with Crippen LogP contribution in [0.15, 0.2) is 29.8 Å². The van der Waals surface area contributed by atoms with Crippen LogP contribution < -0.4 is 10.1 Å². The lowest BCUT2D eigenvalue weighted by Crippen LogP contribution is -2.69. The molecule has 3 saturated carbocycles. The quantitative estimate of drug-likeness (QED) is 0.776. The van der Waals surface area contributed by atoms with Gasteiger partial charge in [0.05, 0.1) is 0 Å². The van der Waals surface area contributed by atoms with Gasteiger partial charge in [-0.15, -0.1) is 0 Å². The molecule has 0 aromatic heterocycles. The fraction of sp³-hybridized carbons (Fsp3) is 0.591. The van der Waals surface area contributed by atoms with E-state index in [0.717, 1.165) is 24.8 Å². The molecular formula is C22H29ClN2O2. The SMILES string of the molecule is Cc1cc(Cl)ccc1OC(C)(C)C(=O)NC1[C@@H]2CC3(N(C)C)CC=C2[C@@H]1C3. The van der Waals surface area contributed by atoms with Crippen molar-refractivity contribution in [3.8, 4) is 5.75 Å². The van der Waals surface area contributed by atoms with Crippen LogP contribution in [0.1, 0.15) is 38.7 Å². The van der Waals surface area contributed by atoms with Crippen molar-refractivity contribution in [3.63, 3.8) is 0 Å². The Bertz CT molecular complexity index is 799. The number of ether oxygens (including phenoxy) is 1. The maximum Gasteiger partial charge on any atom is 0.263 e. The summed E-state index contributed by atoms with van der Waals surface area (Å²) < 4.78 is 6.07. The zero-order valence-corrected chi connectivity index (χ0v) is 17.6. The summed E-state index contributed by atoms with van der Waals surface area (Å²) >= 11 is 6.02. The monoisotopic (exact) mass is 388 g/mol. The number of carbonyl (C=O) groups excluding carboxylic acids is 1. The van der Waals surface area contributed by atoms with Crippen molar-refractivity contribution in [2.75, 3.05) is 14.1 Å². The van der Waals surface area contributed by atoms with Crippen molar-refractivity contribution in [1.82, 2.24) is 10.2 Å². The van der Waals surface area contributed by atoms with E-state index < -0.39 is 5.60 Å². The highest BCUT2D eigenvalue weighted by molar-refractivity contribution is 6.30. The summed E-state index contributed by atoms with van der Waals surface area (Å²) in [5, 5.41) is 3.97. The second-order valence-corrected chi connectivity index (χ2v) is 9.61. The molecule has 0 saturated heterocycles. The van der Waals surface area contributed by atoms with Gasteiger partial charge in [-0.2, -0.15) is 0 Å². The van der Waals surface area contributed by atoms with E-state index in [-0.39, 0.29) is 17.5 Å². The second kappa shape index (κ2) is 6.25. The Kier molecular flexibility index (Phi) is 4.36. The van der Waals surface area contributed by atoms with E-state index in [0.29, 0.717) is 22.6 Å². The minimum Gasteiger partial charge on any atom is -0.478 e. The third-order valence-corrected chi connectivity index (χ3v) is 7.17. The summed E-state index contributed by atoms with van der Waals surface area (Å²) in [7, 11) is 4.37. The molecule has 4 atom stereocenters. The second-order valence-electron chi connectivity index (χ2n) is 9.17. The molecule has 5 aliphatic carbocycles. The predicted molar refractivity (Wildman–Crippen MR) is 108 cm³/mol. The molecule has 0 aliphatic heterocycles. The van der Waals surface area contributed by atoms with Gasteiger partial charge in [0.2, 0.25) is 0 Å². The van der Waals surface area contributed by atoms with Gasteiger partial charge in [0.15, 0.2) is 5.60 Å². The maximum atomic E-state index is 13.0. The van der Waals surface area contributed by atoms with Gasteiger partial charge in [-0.1, -0.05) is 23.3 Å². The molecule has 0 radical (unpaired) electrons. The topological polar surface area (TPSA) is 41.6 Å². The van der Waals surface area contributed by atoms with E-state index in [9.17, 15) is 4.79 Å². The molecule has 0 spiro atoms. The summed E-state index contributed by atoms with van der Waals surface area (Å²) in [5.41, 5.74) is 1.84. The van der Waals surface area contributed by atoms with Gasteiger partial charge in [0.1, 0.15) is 5.75 Å². The van der Waals surface area contributed by atoms with E-state index in [1.54, 1.807) is 11.6 Å². The average molecular weight is 389 g/mol. The molecule has 4 bridgehead atoms. The number of rotatable bonds is 5. The number of fused-ring (bicyclic) bond motifs is 1. The summed E-state index contributed by atoms with van der Waals surface area (Å²) in [6, 6.07) is 5.71. The molecule has 1 amide bonds. The van der Waals surface area contributed by atoms with Crippen LogP contribution >= 0.6 is 11.6 Å². The average Bonchev–Trinajstić information content (AvgIpc) is 2.62. The first-order valence-corrected chi connectivity index (χ1v) is 10.1. The molecule has 6 rings (SSSR count). The maximum absolute atomic E-state index is 13.0. The van der Waals surface area contributed by atoms with Crippen LogP contribution in [0, 0.1) is 18.8 Å². The van der Waals surface area contributed by atoms with Crippen LogP contribution in [0.4, 0.5) is 0 Å². The Balaban J connectivity index is 1.44. The molecule has 1 aromatic rings. The van der Waals surface area contributed by atoms with Crippen molar-refractivity contribution in [3.05, 3.63) is 40.4 Å². The number of hydrogen-bond donors (Lipinski definition) is 1. The van der Waals surface area contributed by atoms with Crippen LogP contribution in [-0.2, 0) is 4.79 Å². The molecular weight excluding hydrogens is 360 g/mol. The van der Waals surface area contributed by atoms with Gasteiger partial charge in [0, 0.05) is 28.4 Å². The van der Waals surface area contributed by atoms with Crippen LogP contribution in [0.25, 0.3) is 0 Å². The van der Waals surface area contributed by atoms with E-state index in [2.05, 4.69) is 30.4 Å². The fourth-order valence-corrected chi connectivity index (χ4v) is 5.37. The van der Waals surface area contributed by atoms with Gasteiger partial charge in [-0.05, 0) is 77.9 Å². The first kappa shape index (κ1) is 18.8. The first-order valence-electron chi connectivity index (χ1n) is 9.76. The fourth-order valence-electron chi connectivity index (χ4n) is 5.14. The lowest BCUT2D eigenvalue weighted by atomic mass is 9.47. The number of amides is 1. The number of halogens is 1. The van der Waals surface area contributed by atoms with E-state index in [4.69, 9.17) is 16.3 Å². The number of carbonyl (C=O) groups is 1. The first-order chi connectivity index (χ1) is 12.6. The molecule has 27 heavy (non-hydrogen) atoms. The molecule has 1 aromatic carbocycles. The molecule has 146 valence electrons. The summed E-state index contributed by atoms with van der Waals surface area (Å²) in [6.45, 7) is 5.60. The Hall–Kier alpha value is -1.52. The Morgan fingerprint density at radius 3 is 2.56 bits per heavy atom. The third-order valence-electron chi connectivity index (χ3n) is 6.94. The number of hydrogen-bond acceptors (Lipinski definition) is 3. The Labute approximate surface area is 166 Å². The van der Waals surface area contributed by atoms with Crippen LogP contribution in [0.2, 0.25) is 5.02 Å². The highest BCUT2D eigenvalue weighted by Gasteiger charge is 2.60. The van der Waals surface area contributed by atoms with Crippen molar-refractivity contribution in [2.24, 2.45) is 11.8 Å². The summed E-state index contributed by atoms with van der Waals surface area (Å²) in [6.07, 6.45) is 5.85.